The van der Waals surface area contributed by atoms with Gasteiger partial charge >= 0.3 is 0 Å². The number of ether oxygens (including phenoxy) is 1. The Morgan fingerprint density at radius 2 is 1.96 bits per heavy atom. The van der Waals surface area contributed by atoms with Crippen LogP contribution in [0.15, 0.2) is 42.6 Å². The number of methoxy groups -OCH3 is 1. The number of nitrogens with one attached hydrogen (secondary N) is 1. The van der Waals surface area contributed by atoms with Crippen molar-refractivity contribution in [3.8, 4) is 16.9 Å². The first-order chi connectivity index (χ1) is 11.6. The lowest BCUT2D eigenvalue weighted by Crippen LogP contribution is -2.12. The molecule has 5 nitrogen and oxygen atoms in total. The monoisotopic (exact) mass is 321 g/mol. The van der Waals surface area contributed by atoms with Crippen LogP contribution in [0.5, 0.6) is 5.75 Å². The van der Waals surface area contributed by atoms with E-state index in [1.165, 1.54) is 0 Å². The standard InChI is InChI=1S/C19H19N3O2/c1-12(2)21-19-20-10-14-8-16(18(24-3)9-17(14)22-19)15-7-5-4-6-13(15)11-23/h4-12H,1-3H3,(H,20,21,22). The zero-order chi connectivity index (χ0) is 17.1. The van der Waals surface area contributed by atoms with Crippen LogP contribution in [0.4, 0.5) is 5.95 Å². The maximum Gasteiger partial charge on any atom is 0.223 e. The first-order valence-electron chi connectivity index (χ1n) is 7.78. The molecular formula is C19H19N3O2. The van der Waals surface area contributed by atoms with Crippen molar-refractivity contribution < 1.29 is 9.53 Å². The predicted octanol–water partition coefficient (Wildman–Crippen LogP) is 3.94. The number of anilines is 1. The van der Waals surface area contributed by atoms with Crippen molar-refractivity contribution >= 4 is 23.1 Å². The Morgan fingerprint density at radius 1 is 1.17 bits per heavy atom. The summed E-state index contributed by atoms with van der Waals surface area (Å²) in [5.74, 6) is 1.26. The van der Waals surface area contributed by atoms with E-state index in [4.69, 9.17) is 4.74 Å². The van der Waals surface area contributed by atoms with Crippen LogP contribution in [0.3, 0.4) is 0 Å². The van der Waals surface area contributed by atoms with Crippen molar-refractivity contribution in [2.75, 3.05) is 12.4 Å². The number of hydrogen-bond acceptors (Lipinski definition) is 5. The molecule has 2 aromatic carbocycles. The van der Waals surface area contributed by atoms with Gasteiger partial charge in [-0.25, -0.2) is 9.97 Å². The minimum absolute atomic E-state index is 0.253. The first-order valence-corrected chi connectivity index (χ1v) is 7.78. The van der Waals surface area contributed by atoms with E-state index in [0.29, 0.717) is 17.3 Å². The highest BCUT2D eigenvalue weighted by Gasteiger charge is 2.13. The third-order valence-corrected chi connectivity index (χ3v) is 3.70. The van der Waals surface area contributed by atoms with Crippen molar-refractivity contribution in [3.63, 3.8) is 0 Å². The second kappa shape index (κ2) is 6.66. The highest BCUT2D eigenvalue weighted by molar-refractivity contribution is 5.94. The van der Waals surface area contributed by atoms with Crippen LogP contribution < -0.4 is 10.1 Å². The van der Waals surface area contributed by atoms with Crippen LogP contribution in [-0.2, 0) is 0 Å². The van der Waals surface area contributed by atoms with Crippen LogP contribution in [0.2, 0.25) is 0 Å². The van der Waals surface area contributed by atoms with E-state index in [2.05, 4.69) is 15.3 Å². The van der Waals surface area contributed by atoms with E-state index in [1.807, 2.05) is 44.2 Å². The molecule has 0 atom stereocenters. The van der Waals surface area contributed by atoms with Gasteiger partial charge in [-0.05, 0) is 25.5 Å². The summed E-state index contributed by atoms with van der Waals surface area (Å²) >= 11 is 0. The van der Waals surface area contributed by atoms with Gasteiger partial charge in [0.1, 0.15) is 5.75 Å². The topological polar surface area (TPSA) is 64.1 Å². The molecule has 3 rings (SSSR count). The van der Waals surface area contributed by atoms with E-state index in [1.54, 1.807) is 19.4 Å². The lowest BCUT2D eigenvalue weighted by atomic mass is 9.98. The second-order valence-corrected chi connectivity index (χ2v) is 5.81. The fourth-order valence-corrected chi connectivity index (χ4v) is 2.61. The van der Waals surface area contributed by atoms with E-state index < -0.39 is 0 Å². The highest BCUT2D eigenvalue weighted by atomic mass is 16.5. The predicted molar refractivity (Wildman–Crippen MR) is 95.7 cm³/mol. The van der Waals surface area contributed by atoms with Crippen LogP contribution in [-0.4, -0.2) is 29.4 Å². The van der Waals surface area contributed by atoms with E-state index >= 15 is 0 Å². The summed E-state index contributed by atoms with van der Waals surface area (Å²) in [5, 5.41) is 4.08. The lowest BCUT2D eigenvalue weighted by Gasteiger charge is -2.13. The van der Waals surface area contributed by atoms with Crippen molar-refractivity contribution in [2.45, 2.75) is 19.9 Å². The summed E-state index contributed by atoms with van der Waals surface area (Å²) in [6.45, 7) is 4.07. The molecule has 1 heterocycles. The highest BCUT2D eigenvalue weighted by Crippen LogP contribution is 2.35. The summed E-state index contributed by atoms with van der Waals surface area (Å²) in [5.41, 5.74) is 3.09. The molecule has 5 heteroatoms. The van der Waals surface area contributed by atoms with Gasteiger partial charge in [-0.1, -0.05) is 24.3 Å². The number of fused-ring (bicyclic) bond motifs is 1. The number of benzene rings is 2. The van der Waals surface area contributed by atoms with Gasteiger partial charge in [-0.2, -0.15) is 0 Å². The molecule has 0 unspecified atom stereocenters. The number of rotatable bonds is 5. The number of hydrogen-bond donors (Lipinski definition) is 1. The average Bonchev–Trinajstić information content (AvgIpc) is 2.60. The molecule has 0 aliphatic carbocycles. The van der Waals surface area contributed by atoms with Crippen LogP contribution in [0.25, 0.3) is 22.0 Å². The van der Waals surface area contributed by atoms with Gasteiger partial charge in [-0.15, -0.1) is 0 Å². The van der Waals surface area contributed by atoms with E-state index in [-0.39, 0.29) is 6.04 Å². The maximum atomic E-state index is 11.3. The molecule has 0 fully saturated rings. The zero-order valence-electron chi connectivity index (χ0n) is 13.9. The number of carbonyl (C=O) groups excluding carboxylic acids is 1. The number of nitrogens with zero attached hydrogens (tertiary/aromatic N) is 2. The Labute approximate surface area is 140 Å². The summed E-state index contributed by atoms with van der Waals surface area (Å²) in [7, 11) is 1.61. The van der Waals surface area contributed by atoms with Crippen LogP contribution in [0, 0.1) is 0 Å². The third kappa shape index (κ3) is 3.06. The minimum Gasteiger partial charge on any atom is -0.496 e. The fourth-order valence-electron chi connectivity index (χ4n) is 2.61. The number of aromatic nitrogens is 2. The average molecular weight is 321 g/mol. The molecule has 0 amide bonds. The smallest absolute Gasteiger partial charge is 0.223 e. The quantitative estimate of drug-likeness (QED) is 0.721. The Morgan fingerprint density at radius 3 is 2.67 bits per heavy atom. The van der Waals surface area contributed by atoms with Crippen LogP contribution >= 0.6 is 0 Å². The first kappa shape index (κ1) is 15.9. The van der Waals surface area contributed by atoms with Gasteiger partial charge in [0.05, 0.1) is 12.6 Å². The lowest BCUT2D eigenvalue weighted by molar-refractivity contribution is 0.112. The Hall–Kier alpha value is -2.95. The number of aldehydes is 1. The summed E-state index contributed by atoms with van der Waals surface area (Å²) in [6.07, 6.45) is 2.63. The summed E-state index contributed by atoms with van der Waals surface area (Å²) < 4.78 is 5.53. The maximum absolute atomic E-state index is 11.3. The SMILES string of the molecule is COc1cc2nc(NC(C)C)ncc2cc1-c1ccccc1C=O. The van der Waals surface area contributed by atoms with Gasteiger partial charge in [0.25, 0.3) is 0 Å². The molecule has 0 saturated carbocycles. The third-order valence-electron chi connectivity index (χ3n) is 3.70. The van der Waals surface area contributed by atoms with Crippen molar-refractivity contribution in [1.82, 2.24) is 9.97 Å². The molecule has 0 bridgehead atoms. The van der Waals surface area contributed by atoms with Crippen molar-refractivity contribution in [2.24, 2.45) is 0 Å². The molecule has 122 valence electrons. The van der Waals surface area contributed by atoms with Gasteiger partial charge in [0.15, 0.2) is 6.29 Å². The zero-order valence-corrected chi connectivity index (χ0v) is 13.9. The molecule has 3 aromatic rings. The summed E-state index contributed by atoms with van der Waals surface area (Å²) in [4.78, 5) is 20.2. The van der Waals surface area contributed by atoms with Crippen molar-refractivity contribution in [1.29, 1.82) is 0 Å². The molecular weight excluding hydrogens is 302 g/mol. The Bertz CT molecular complexity index is 891. The fraction of sp³-hybridized carbons (Fsp3) is 0.211. The molecule has 0 spiro atoms. The molecule has 24 heavy (non-hydrogen) atoms. The van der Waals surface area contributed by atoms with Gasteiger partial charge < -0.3 is 10.1 Å². The molecule has 0 aliphatic heterocycles. The van der Waals surface area contributed by atoms with Gasteiger partial charge in [0.2, 0.25) is 5.95 Å². The Kier molecular flexibility index (Phi) is 4.42. The van der Waals surface area contributed by atoms with Gasteiger partial charge in [-0.3, -0.25) is 4.79 Å². The van der Waals surface area contributed by atoms with E-state index in [9.17, 15) is 4.79 Å². The minimum atomic E-state index is 0.253. The Balaban J connectivity index is 2.17. The van der Waals surface area contributed by atoms with Crippen molar-refractivity contribution in [3.05, 3.63) is 48.2 Å². The molecule has 1 N–H and O–H groups in total. The van der Waals surface area contributed by atoms with E-state index in [0.717, 1.165) is 28.3 Å². The molecule has 1 aromatic heterocycles. The number of carbonyl (C=O) groups is 1. The van der Waals surface area contributed by atoms with Crippen LogP contribution in [0.1, 0.15) is 24.2 Å². The molecule has 0 aliphatic rings. The molecule has 0 saturated heterocycles. The normalized spacial score (nSPS) is 10.8. The molecule has 0 radical (unpaired) electrons. The largest absolute Gasteiger partial charge is 0.496 e. The second-order valence-electron chi connectivity index (χ2n) is 5.81. The van der Waals surface area contributed by atoms with Gasteiger partial charge in [0, 0.05) is 34.8 Å². The summed E-state index contributed by atoms with van der Waals surface area (Å²) in [6, 6.07) is 11.5.